The summed E-state index contributed by atoms with van der Waals surface area (Å²) in [6.45, 7) is 2.20. The average Bonchev–Trinajstić information content (AvgIpc) is 3.09. The van der Waals surface area contributed by atoms with E-state index in [4.69, 9.17) is 0 Å². The Kier molecular flexibility index (Phi) is 4.78. The maximum atomic E-state index is 12.9. The van der Waals surface area contributed by atoms with Crippen LogP contribution in [0.4, 0.5) is 0 Å². The molecule has 3 rings (SSSR count). The smallest absolute Gasteiger partial charge is 0.248 e. The number of carbonyl (C=O) groups is 1. The Morgan fingerprint density at radius 3 is 2.82 bits per heavy atom. The van der Waals surface area contributed by atoms with Crippen molar-refractivity contribution in [3.8, 4) is 0 Å². The zero-order valence-corrected chi connectivity index (χ0v) is 13.0. The molecule has 2 fully saturated rings. The second-order valence-electron chi connectivity index (χ2n) is 6.55. The summed E-state index contributed by atoms with van der Waals surface area (Å²) in [6, 6.07) is 1.86. The molecule has 6 nitrogen and oxygen atoms in total. The highest BCUT2D eigenvalue weighted by Gasteiger charge is 2.42. The highest BCUT2D eigenvalue weighted by molar-refractivity contribution is 5.84. The molecule has 22 heavy (non-hydrogen) atoms. The van der Waals surface area contributed by atoms with Gasteiger partial charge in [-0.1, -0.05) is 12.8 Å². The van der Waals surface area contributed by atoms with E-state index in [1.54, 1.807) is 10.9 Å². The number of amides is 1. The first kappa shape index (κ1) is 15.5. The van der Waals surface area contributed by atoms with Gasteiger partial charge in [-0.05, 0) is 44.8 Å². The molecule has 1 saturated heterocycles. The summed E-state index contributed by atoms with van der Waals surface area (Å²) in [5, 5.41) is 20.8. The lowest BCUT2D eigenvalue weighted by Crippen LogP contribution is -2.55. The summed E-state index contributed by atoms with van der Waals surface area (Å²) in [7, 11) is 0. The number of hydrogen-bond donors (Lipinski definition) is 3. The fraction of sp³-hybridized carbons (Fsp3) is 0.750. The van der Waals surface area contributed by atoms with E-state index in [-0.39, 0.29) is 17.9 Å². The van der Waals surface area contributed by atoms with Crippen LogP contribution in [0.25, 0.3) is 0 Å². The summed E-state index contributed by atoms with van der Waals surface area (Å²) in [5.74, 6) is 0.226. The van der Waals surface area contributed by atoms with E-state index in [2.05, 4.69) is 15.7 Å². The number of piperidine rings is 1. The lowest BCUT2D eigenvalue weighted by atomic mass is 9.85. The molecule has 122 valence electrons. The Labute approximate surface area is 131 Å². The number of nitrogens with zero attached hydrogens (tertiary/aromatic N) is 2. The molecule has 1 aromatic rings. The molecule has 1 saturated carbocycles. The highest BCUT2D eigenvalue weighted by atomic mass is 16.3. The van der Waals surface area contributed by atoms with Gasteiger partial charge in [0.25, 0.3) is 0 Å². The van der Waals surface area contributed by atoms with Crippen LogP contribution in [-0.4, -0.2) is 46.5 Å². The Hall–Kier alpha value is -1.40. The van der Waals surface area contributed by atoms with Crippen LogP contribution >= 0.6 is 0 Å². The van der Waals surface area contributed by atoms with Crippen molar-refractivity contribution in [2.24, 2.45) is 5.92 Å². The standard InChI is InChI=1S/C16H26N4O2/c21-14-5-2-1-4-13(14)12-18-15(22)16(6-9-17-10-7-16)20-11-3-8-19-20/h3,8,11,13-14,17,21H,1-2,4-7,9-10,12H2,(H,18,22). The quantitative estimate of drug-likeness (QED) is 0.762. The van der Waals surface area contributed by atoms with Gasteiger partial charge >= 0.3 is 0 Å². The Balaban J connectivity index is 1.67. The molecule has 2 atom stereocenters. The summed E-state index contributed by atoms with van der Waals surface area (Å²) in [6.07, 6.45) is 8.90. The lowest BCUT2D eigenvalue weighted by Gasteiger charge is -2.37. The van der Waals surface area contributed by atoms with Crippen molar-refractivity contribution in [2.75, 3.05) is 19.6 Å². The van der Waals surface area contributed by atoms with Gasteiger partial charge in [-0.25, -0.2) is 0 Å². The van der Waals surface area contributed by atoms with Gasteiger partial charge in [-0.3, -0.25) is 9.48 Å². The third kappa shape index (κ3) is 3.03. The SMILES string of the molecule is O=C(NCC1CCCCC1O)C1(n2cccn2)CCNCC1. The third-order valence-electron chi connectivity index (χ3n) is 5.19. The van der Waals surface area contributed by atoms with Crippen molar-refractivity contribution in [1.29, 1.82) is 0 Å². The largest absolute Gasteiger partial charge is 0.393 e. The monoisotopic (exact) mass is 306 g/mol. The number of aliphatic hydroxyl groups excluding tert-OH is 1. The molecule has 1 aliphatic heterocycles. The van der Waals surface area contributed by atoms with Crippen LogP contribution in [0.1, 0.15) is 38.5 Å². The van der Waals surface area contributed by atoms with E-state index >= 15 is 0 Å². The lowest BCUT2D eigenvalue weighted by molar-refractivity contribution is -0.132. The molecule has 0 bridgehead atoms. The maximum Gasteiger partial charge on any atom is 0.248 e. The summed E-state index contributed by atoms with van der Waals surface area (Å²) < 4.78 is 1.81. The van der Waals surface area contributed by atoms with E-state index in [1.165, 1.54) is 0 Å². The van der Waals surface area contributed by atoms with Gasteiger partial charge in [0.1, 0.15) is 5.54 Å². The van der Waals surface area contributed by atoms with E-state index in [0.29, 0.717) is 6.54 Å². The Morgan fingerprint density at radius 2 is 2.14 bits per heavy atom. The van der Waals surface area contributed by atoms with E-state index in [0.717, 1.165) is 51.6 Å². The van der Waals surface area contributed by atoms with Crippen LogP contribution in [-0.2, 0) is 10.3 Å². The van der Waals surface area contributed by atoms with Crippen LogP contribution in [0.3, 0.4) is 0 Å². The van der Waals surface area contributed by atoms with Crippen LogP contribution in [0.5, 0.6) is 0 Å². The van der Waals surface area contributed by atoms with Crippen LogP contribution < -0.4 is 10.6 Å². The van der Waals surface area contributed by atoms with E-state index in [1.807, 2.05) is 12.3 Å². The van der Waals surface area contributed by atoms with Gasteiger partial charge in [-0.2, -0.15) is 5.10 Å². The number of aliphatic hydroxyl groups is 1. The molecule has 3 N–H and O–H groups in total. The summed E-state index contributed by atoms with van der Waals surface area (Å²) in [5.41, 5.74) is -0.589. The zero-order chi connectivity index (χ0) is 15.4. The van der Waals surface area contributed by atoms with Crippen LogP contribution in [0.15, 0.2) is 18.5 Å². The third-order valence-corrected chi connectivity index (χ3v) is 5.19. The van der Waals surface area contributed by atoms with E-state index in [9.17, 15) is 9.90 Å². The number of carbonyl (C=O) groups excluding carboxylic acids is 1. The fourth-order valence-electron chi connectivity index (χ4n) is 3.74. The maximum absolute atomic E-state index is 12.9. The van der Waals surface area contributed by atoms with Gasteiger partial charge in [0, 0.05) is 24.9 Å². The highest BCUT2D eigenvalue weighted by Crippen LogP contribution is 2.28. The molecule has 0 spiro atoms. The van der Waals surface area contributed by atoms with Crippen molar-refractivity contribution in [2.45, 2.75) is 50.2 Å². The van der Waals surface area contributed by atoms with Gasteiger partial charge in [0.05, 0.1) is 6.10 Å². The first-order valence-electron chi connectivity index (χ1n) is 8.39. The first-order chi connectivity index (χ1) is 10.7. The van der Waals surface area contributed by atoms with Crippen LogP contribution in [0, 0.1) is 5.92 Å². The average molecular weight is 306 g/mol. The predicted molar refractivity (Wildman–Crippen MR) is 83.3 cm³/mol. The van der Waals surface area contributed by atoms with Crippen molar-refractivity contribution < 1.29 is 9.90 Å². The first-order valence-corrected chi connectivity index (χ1v) is 8.39. The molecule has 6 heteroatoms. The summed E-state index contributed by atoms with van der Waals surface area (Å²) >= 11 is 0. The number of rotatable bonds is 4. The molecule has 2 heterocycles. The van der Waals surface area contributed by atoms with Gasteiger partial charge in [0.15, 0.2) is 0 Å². The number of hydrogen-bond acceptors (Lipinski definition) is 4. The number of nitrogens with one attached hydrogen (secondary N) is 2. The minimum Gasteiger partial charge on any atom is -0.393 e. The van der Waals surface area contributed by atoms with Gasteiger partial charge in [0.2, 0.25) is 5.91 Å². The molecular weight excluding hydrogens is 280 g/mol. The molecule has 1 aliphatic carbocycles. The van der Waals surface area contributed by atoms with Crippen molar-refractivity contribution in [3.63, 3.8) is 0 Å². The number of aromatic nitrogens is 2. The molecule has 0 aromatic carbocycles. The normalized spacial score (nSPS) is 28.2. The molecule has 1 amide bonds. The van der Waals surface area contributed by atoms with Crippen molar-refractivity contribution in [3.05, 3.63) is 18.5 Å². The van der Waals surface area contributed by atoms with Gasteiger partial charge in [-0.15, -0.1) is 0 Å². The fourth-order valence-corrected chi connectivity index (χ4v) is 3.74. The predicted octanol–water partition coefficient (Wildman–Crippen LogP) is 0.629. The summed E-state index contributed by atoms with van der Waals surface area (Å²) in [4.78, 5) is 12.9. The molecule has 1 aromatic heterocycles. The molecule has 2 unspecified atom stereocenters. The molecular formula is C16H26N4O2. The van der Waals surface area contributed by atoms with Gasteiger partial charge < -0.3 is 15.7 Å². The topological polar surface area (TPSA) is 79.2 Å². The zero-order valence-electron chi connectivity index (χ0n) is 13.0. The molecule has 2 aliphatic rings. The second-order valence-corrected chi connectivity index (χ2v) is 6.55. The molecule has 0 radical (unpaired) electrons. The second kappa shape index (κ2) is 6.79. The Morgan fingerprint density at radius 1 is 1.36 bits per heavy atom. The minimum absolute atomic E-state index is 0.0375. The minimum atomic E-state index is -0.589. The van der Waals surface area contributed by atoms with E-state index < -0.39 is 5.54 Å². The van der Waals surface area contributed by atoms with Crippen LogP contribution in [0.2, 0.25) is 0 Å². The Bertz CT molecular complexity index is 482. The van der Waals surface area contributed by atoms with Crippen molar-refractivity contribution >= 4 is 5.91 Å². The van der Waals surface area contributed by atoms with Crippen molar-refractivity contribution in [1.82, 2.24) is 20.4 Å².